The van der Waals surface area contributed by atoms with Crippen LogP contribution in [0.4, 0.5) is 0 Å². The van der Waals surface area contributed by atoms with E-state index in [9.17, 15) is 0 Å². The Morgan fingerprint density at radius 2 is 0.547 bits per heavy atom. The zero-order valence-electron chi connectivity index (χ0n) is 35.0. The maximum atomic E-state index is 2.52. The highest BCUT2D eigenvalue weighted by Crippen LogP contribution is 2.49. The second kappa shape index (κ2) is 14.6. The molecule has 0 atom stereocenters. The first-order valence-electron chi connectivity index (χ1n) is 22.1. The van der Waals surface area contributed by atoms with E-state index in [-0.39, 0.29) is 0 Å². The van der Waals surface area contributed by atoms with Gasteiger partial charge in [0, 0.05) is 44.0 Å². The van der Waals surface area contributed by atoms with Gasteiger partial charge in [0.15, 0.2) is 0 Å². The van der Waals surface area contributed by atoms with Gasteiger partial charge in [0.25, 0.3) is 0 Å². The van der Waals surface area contributed by atoms with E-state index in [4.69, 9.17) is 0 Å². The molecule has 13 aromatic rings. The molecule has 0 aliphatic carbocycles. The van der Waals surface area contributed by atoms with E-state index in [1.807, 2.05) is 0 Å². The summed E-state index contributed by atoms with van der Waals surface area (Å²) < 4.78 is 5.04. The van der Waals surface area contributed by atoms with Crippen LogP contribution in [0.15, 0.2) is 243 Å². The normalized spacial score (nSPS) is 11.8. The van der Waals surface area contributed by atoms with Crippen LogP contribution in [0.3, 0.4) is 0 Å². The van der Waals surface area contributed by atoms with Gasteiger partial charge < -0.3 is 9.13 Å². The van der Waals surface area contributed by atoms with Gasteiger partial charge in [0.05, 0.1) is 22.4 Å². The van der Waals surface area contributed by atoms with Gasteiger partial charge in [-0.3, -0.25) is 0 Å². The lowest BCUT2D eigenvalue weighted by Crippen LogP contribution is -1.99. The Labute approximate surface area is 371 Å². The van der Waals surface area contributed by atoms with Crippen LogP contribution < -0.4 is 0 Å². The summed E-state index contributed by atoms with van der Waals surface area (Å²) in [5.41, 5.74) is 14.3. The molecule has 0 saturated heterocycles. The highest BCUT2D eigenvalue weighted by molar-refractivity contribution is 6.26. The summed E-state index contributed by atoms with van der Waals surface area (Å²) in [6.45, 7) is 0. The van der Waals surface area contributed by atoms with Crippen molar-refractivity contribution >= 4 is 64.9 Å². The first-order chi connectivity index (χ1) is 31.8. The summed E-state index contributed by atoms with van der Waals surface area (Å²) in [5.74, 6) is 0. The van der Waals surface area contributed by atoms with E-state index in [2.05, 4.69) is 252 Å². The van der Waals surface area contributed by atoms with Crippen molar-refractivity contribution in [2.45, 2.75) is 0 Å². The van der Waals surface area contributed by atoms with Crippen LogP contribution in [-0.2, 0) is 0 Å². The summed E-state index contributed by atoms with van der Waals surface area (Å²) in [7, 11) is 0. The van der Waals surface area contributed by atoms with E-state index in [0.717, 1.165) is 11.4 Å². The minimum atomic E-state index is 1.13. The van der Waals surface area contributed by atoms with Gasteiger partial charge in [0.1, 0.15) is 0 Å². The second-order valence-electron chi connectivity index (χ2n) is 16.8. The maximum absolute atomic E-state index is 2.52. The van der Waals surface area contributed by atoms with Gasteiger partial charge in [-0.25, -0.2) is 0 Å². The number of para-hydroxylation sites is 2. The first kappa shape index (κ1) is 36.2. The highest BCUT2D eigenvalue weighted by Gasteiger charge is 2.26. The second-order valence-corrected chi connectivity index (χ2v) is 16.8. The molecule has 298 valence electrons. The average Bonchev–Trinajstić information content (AvgIpc) is 3.92. The summed E-state index contributed by atoms with van der Waals surface area (Å²) >= 11 is 0. The fourth-order valence-electron chi connectivity index (χ4n) is 10.5. The minimum absolute atomic E-state index is 1.13. The van der Waals surface area contributed by atoms with E-state index < -0.39 is 0 Å². The maximum Gasteiger partial charge on any atom is 0.0620 e. The Kier molecular flexibility index (Phi) is 8.25. The molecule has 13 rings (SSSR count). The molecule has 0 radical (unpaired) electrons. The standard InChI is InChI=1S/C62H40N2/c1-5-19-43(20-6-1)57-55-37-33-51-52-34-38-56-58(44-21-7-2-8-22-44)60(48-32-30-42-18-14-16-24-46(42)40-48)64(50-27-11-4-12-28-50)62(56)54(52)36-35-53(51)61(55)63(49-25-9-3-10-26-49)59(57)47-31-29-41-17-13-15-23-45(41)39-47/h1-40H. The molecule has 0 saturated carbocycles. The lowest BCUT2D eigenvalue weighted by Gasteiger charge is -2.16. The zero-order valence-corrected chi connectivity index (χ0v) is 35.0. The lowest BCUT2D eigenvalue weighted by atomic mass is 9.93. The lowest BCUT2D eigenvalue weighted by molar-refractivity contribution is 1.14. The monoisotopic (exact) mass is 812 g/mol. The van der Waals surface area contributed by atoms with E-state index in [0.29, 0.717) is 0 Å². The molecule has 11 aromatic carbocycles. The van der Waals surface area contributed by atoms with Crippen LogP contribution in [-0.4, -0.2) is 9.13 Å². The van der Waals surface area contributed by atoms with E-state index >= 15 is 0 Å². The quantitative estimate of drug-likeness (QED) is 0.148. The van der Waals surface area contributed by atoms with Crippen molar-refractivity contribution in [3.63, 3.8) is 0 Å². The van der Waals surface area contributed by atoms with Crippen molar-refractivity contribution in [3.05, 3.63) is 243 Å². The van der Waals surface area contributed by atoms with Crippen molar-refractivity contribution in [2.75, 3.05) is 0 Å². The number of rotatable bonds is 6. The van der Waals surface area contributed by atoms with Gasteiger partial charge >= 0.3 is 0 Å². The number of benzene rings is 11. The van der Waals surface area contributed by atoms with Crippen molar-refractivity contribution in [3.8, 4) is 56.1 Å². The van der Waals surface area contributed by atoms with Gasteiger partial charge in [0.2, 0.25) is 0 Å². The molecule has 0 N–H and O–H groups in total. The fourth-order valence-corrected chi connectivity index (χ4v) is 10.5. The molecule has 2 heterocycles. The van der Waals surface area contributed by atoms with Crippen molar-refractivity contribution < 1.29 is 0 Å². The highest BCUT2D eigenvalue weighted by atomic mass is 15.0. The van der Waals surface area contributed by atoms with Crippen LogP contribution in [0.2, 0.25) is 0 Å². The molecule has 2 nitrogen and oxygen atoms in total. The van der Waals surface area contributed by atoms with Crippen molar-refractivity contribution in [1.82, 2.24) is 9.13 Å². The zero-order chi connectivity index (χ0) is 42.1. The van der Waals surface area contributed by atoms with Gasteiger partial charge in [-0.05, 0) is 91.0 Å². The molecule has 2 aromatic heterocycles. The van der Waals surface area contributed by atoms with Crippen LogP contribution in [0.25, 0.3) is 121 Å². The Morgan fingerprint density at radius 3 is 0.953 bits per heavy atom. The summed E-state index contributed by atoms with van der Waals surface area (Å²) in [5, 5.41) is 12.2. The number of fused-ring (bicyclic) bond motifs is 9. The third kappa shape index (κ3) is 5.59. The van der Waals surface area contributed by atoms with Gasteiger partial charge in [-0.1, -0.05) is 206 Å². The third-order valence-corrected chi connectivity index (χ3v) is 13.2. The minimum Gasteiger partial charge on any atom is -0.308 e. The van der Waals surface area contributed by atoms with Crippen LogP contribution in [0.1, 0.15) is 0 Å². The number of hydrogen-bond donors (Lipinski definition) is 0. The Balaban J connectivity index is 1.17. The third-order valence-electron chi connectivity index (χ3n) is 13.2. The summed E-state index contributed by atoms with van der Waals surface area (Å²) in [6, 6.07) is 89.1. The van der Waals surface area contributed by atoms with Crippen LogP contribution >= 0.6 is 0 Å². The molecular weight excluding hydrogens is 773 g/mol. The topological polar surface area (TPSA) is 9.86 Å². The number of hydrogen-bond acceptors (Lipinski definition) is 0. The molecule has 0 amide bonds. The Morgan fingerprint density at radius 1 is 0.219 bits per heavy atom. The number of aromatic nitrogens is 2. The predicted molar refractivity (Wildman–Crippen MR) is 272 cm³/mol. The van der Waals surface area contributed by atoms with Crippen molar-refractivity contribution in [2.24, 2.45) is 0 Å². The van der Waals surface area contributed by atoms with Crippen molar-refractivity contribution in [1.29, 1.82) is 0 Å². The largest absolute Gasteiger partial charge is 0.308 e. The fraction of sp³-hybridized carbons (Fsp3) is 0. The molecule has 64 heavy (non-hydrogen) atoms. The molecule has 2 heteroatoms. The Bertz CT molecular complexity index is 3660. The Hall–Kier alpha value is -8.46. The summed E-state index contributed by atoms with van der Waals surface area (Å²) in [6.07, 6.45) is 0. The van der Waals surface area contributed by atoms with Crippen LogP contribution in [0.5, 0.6) is 0 Å². The first-order valence-corrected chi connectivity index (χ1v) is 22.1. The average molecular weight is 813 g/mol. The van der Waals surface area contributed by atoms with Gasteiger partial charge in [-0.15, -0.1) is 0 Å². The molecule has 0 spiro atoms. The SMILES string of the molecule is c1ccc(-c2c(-c3ccc4ccccc4c3)n(-c3ccccc3)c3c2ccc2c4ccc5c(-c6ccccc6)c(-c6ccc7ccccc7c6)n(-c6ccccc6)c5c4ccc23)cc1. The molecule has 0 fully saturated rings. The van der Waals surface area contributed by atoms with E-state index in [1.54, 1.807) is 0 Å². The molecule has 0 aliphatic rings. The van der Waals surface area contributed by atoms with E-state index in [1.165, 1.54) is 110 Å². The molecule has 0 aliphatic heterocycles. The number of nitrogens with zero attached hydrogens (tertiary/aromatic N) is 2. The molecular formula is C62H40N2. The molecule has 0 unspecified atom stereocenters. The summed E-state index contributed by atoms with van der Waals surface area (Å²) in [4.78, 5) is 0. The molecule has 0 bridgehead atoms. The predicted octanol–water partition coefficient (Wildman–Crippen LogP) is 16.9. The smallest absolute Gasteiger partial charge is 0.0620 e. The van der Waals surface area contributed by atoms with Gasteiger partial charge in [-0.2, -0.15) is 0 Å². The van der Waals surface area contributed by atoms with Crippen LogP contribution in [0, 0.1) is 0 Å².